The van der Waals surface area contributed by atoms with Crippen molar-refractivity contribution >= 4 is 35.2 Å². The summed E-state index contributed by atoms with van der Waals surface area (Å²) in [7, 11) is 3.57. The quantitative estimate of drug-likeness (QED) is 0.610. The Morgan fingerprint density at radius 3 is 2.52 bits per heavy atom. The topological polar surface area (TPSA) is 61.9 Å². The number of esters is 1. The Balaban J connectivity index is 2.05. The van der Waals surface area contributed by atoms with E-state index in [1.165, 1.54) is 4.90 Å². The zero-order valence-electron chi connectivity index (χ0n) is 17.7. The molecular weight excluding hydrogens is 437 g/mol. The highest BCUT2D eigenvalue weighted by atomic mass is 35.5. The van der Waals surface area contributed by atoms with Crippen LogP contribution in [0.25, 0.3) is 0 Å². The summed E-state index contributed by atoms with van der Waals surface area (Å²) < 4.78 is 5.35. The molecule has 0 aliphatic carbocycles. The third-order valence-electron chi connectivity index (χ3n) is 5.08. The van der Waals surface area contributed by atoms with Gasteiger partial charge in [-0.15, -0.1) is 0 Å². The number of rotatable bonds is 7. The van der Waals surface area contributed by atoms with Gasteiger partial charge in [-0.1, -0.05) is 65.7 Å². The molecule has 0 fully saturated rings. The molecule has 0 spiro atoms. The molecule has 1 N–H and O–H groups in total. The zero-order valence-corrected chi connectivity index (χ0v) is 19.2. The second-order valence-electron chi connectivity index (χ2n) is 7.32. The Morgan fingerprint density at radius 1 is 1.13 bits per heavy atom. The number of ether oxygens (including phenoxy) is 1. The third kappa shape index (κ3) is 5.21. The van der Waals surface area contributed by atoms with Gasteiger partial charge in [0.15, 0.2) is 0 Å². The maximum atomic E-state index is 13.0. The molecule has 2 aromatic rings. The fourth-order valence-corrected chi connectivity index (χ4v) is 4.00. The standard InChI is InChI=1S/C23H25Cl2N3O3/c1-4-31-22(29)19-18(14-27(2)13-15-9-6-5-7-10-15)28(3)23(30)26-21(19)16-11-8-12-17(24)20(16)25/h5-12,21H,4,13-14H2,1-3H3,(H,26,30). The number of benzene rings is 2. The summed E-state index contributed by atoms with van der Waals surface area (Å²) in [5.41, 5.74) is 2.57. The average Bonchev–Trinajstić information content (AvgIpc) is 2.74. The van der Waals surface area contributed by atoms with Crippen LogP contribution in [0.3, 0.4) is 0 Å². The lowest BCUT2D eigenvalue weighted by molar-refractivity contribution is -0.139. The molecule has 164 valence electrons. The average molecular weight is 462 g/mol. The first-order valence-electron chi connectivity index (χ1n) is 9.94. The largest absolute Gasteiger partial charge is 0.463 e. The number of hydrogen-bond acceptors (Lipinski definition) is 4. The number of halogens is 2. The summed E-state index contributed by atoms with van der Waals surface area (Å²) in [4.78, 5) is 29.3. The molecule has 3 rings (SSSR count). The van der Waals surface area contributed by atoms with E-state index < -0.39 is 12.0 Å². The first kappa shape index (κ1) is 23.1. The van der Waals surface area contributed by atoms with Crippen LogP contribution in [0.15, 0.2) is 59.8 Å². The van der Waals surface area contributed by atoms with E-state index in [2.05, 4.69) is 5.32 Å². The molecule has 2 amide bonds. The summed E-state index contributed by atoms with van der Waals surface area (Å²) in [6.45, 7) is 2.97. The second kappa shape index (κ2) is 10.2. The van der Waals surface area contributed by atoms with Crippen molar-refractivity contribution in [2.24, 2.45) is 0 Å². The van der Waals surface area contributed by atoms with Crippen molar-refractivity contribution in [3.8, 4) is 0 Å². The molecule has 2 aromatic carbocycles. The van der Waals surface area contributed by atoms with Crippen molar-refractivity contribution in [3.05, 3.63) is 81.0 Å². The van der Waals surface area contributed by atoms with E-state index >= 15 is 0 Å². The summed E-state index contributed by atoms with van der Waals surface area (Å²) >= 11 is 12.6. The molecule has 1 heterocycles. The van der Waals surface area contributed by atoms with Gasteiger partial charge in [0.05, 0.1) is 28.3 Å². The molecule has 6 nitrogen and oxygen atoms in total. The molecule has 1 aliphatic rings. The smallest absolute Gasteiger partial charge is 0.338 e. The SMILES string of the molecule is CCOC(=O)C1=C(CN(C)Cc2ccccc2)N(C)C(=O)NC1c1cccc(Cl)c1Cl. The Morgan fingerprint density at radius 2 is 1.84 bits per heavy atom. The number of nitrogens with one attached hydrogen (secondary N) is 1. The molecule has 8 heteroatoms. The molecule has 1 atom stereocenters. The van der Waals surface area contributed by atoms with Gasteiger partial charge >= 0.3 is 12.0 Å². The summed E-state index contributed by atoms with van der Waals surface area (Å²) in [6, 6.07) is 14.0. The number of carbonyl (C=O) groups is 2. The van der Waals surface area contributed by atoms with Crippen molar-refractivity contribution in [2.75, 3.05) is 27.2 Å². The maximum Gasteiger partial charge on any atom is 0.338 e. The number of likely N-dealkylation sites (N-methyl/N-ethyl adjacent to an activating group) is 2. The van der Waals surface area contributed by atoms with Gasteiger partial charge < -0.3 is 10.1 Å². The molecular formula is C23H25Cl2N3O3. The highest BCUT2D eigenvalue weighted by Crippen LogP contribution is 2.37. The molecule has 1 aliphatic heterocycles. The molecule has 0 saturated heterocycles. The number of hydrogen-bond donors (Lipinski definition) is 1. The maximum absolute atomic E-state index is 13.0. The highest BCUT2D eigenvalue weighted by Gasteiger charge is 2.38. The van der Waals surface area contributed by atoms with Gasteiger partial charge in [-0.2, -0.15) is 0 Å². The van der Waals surface area contributed by atoms with Gasteiger partial charge in [0, 0.05) is 25.8 Å². The highest BCUT2D eigenvalue weighted by molar-refractivity contribution is 6.42. The predicted octanol–water partition coefficient (Wildman–Crippen LogP) is 4.64. The number of amides is 2. The van der Waals surface area contributed by atoms with Crippen molar-refractivity contribution in [1.82, 2.24) is 15.1 Å². The second-order valence-corrected chi connectivity index (χ2v) is 8.11. The van der Waals surface area contributed by atoms with Gasteiger partial charge in [0.2, 0.25) is 0 Å². The summed E-state index contributed by atoms with van der Waals surface area (Å²) in [5.74, 6) is -0.501. The lowest BCUT2D eigenvalue weighted by atomic mass is 9.94. The molecule has 0 saturated carbocycles. The Hall–Kier alpha value is -2.54. The Labute approximate surface area is 192 Å². The lowest BCUT2D eigenvalue weighted by Crippen LogP contribution is -2.49. The molecule has 0 bridgehead atoms. The fraction of sp³-hybridized carbons (Fsp3) is 0.304. The van der Waals surface area contributed by atoms with Crippen LogP contribution in [0.4, 0.5) is 4.79 Å². The monoisotopic (exact) mass is 461 g/mol. The third-order valence-corrected chi connectivity index (χ3v) is 5.91. The Bertz CT molecular complexity index is 995. The van der Waals surface area contributed by atoms with Crippen LogP contribution in [0.5, 0.6) is 0 Å². The van der Waals surface area contributed by atoms with Crippen molar-refractivity contribution in [3.63, 3.8) is 0 Å². The van der Waals surface area contributed by atoms with Crippen LogP contribution in [0.2, 0.25) is 10.0 Å². The van der Waals surface area contributed by atoms with E-state index in [-0.39, 0.29) is 17.7 Å². The summed E-state index contributed by atoms with van der Waals surface area (Å²) in [6.07, 6.45) is 0. The van der Waals surface area contributed by atoms with E-state index in [0.29, 0.717) is 34.9 Å². The van der Waals surface area contributed by atoms with Crippen LogP contribution < -0.4 is 5.32 Å². The van der Waals surface area contributed by atoms with Crippen molar-refractivity contribution in [2.45, 2.75) is 19.5 Å². The van der Waals surface area contributed by atoms with E-state index in [1.54, 1.807) is 32.2 Å². The minimum absolute atomic E-state index is 0.211. The molecule has 1 unspecified atom stereocenters. The van der Waals surface area contributed by atoms with Gasteiger partial charge in [0.1, 0.15) is 0 Å². The van der Waals surface area contributed by atoms with Gasteiger partial charge in [-0.3, -0.25) is 9.80 Å². The molecule has 31 heavy (non-hydrogen) atoms. The van der Waals surface area contributed by atoms with E-state index in [1.807, 2.05) is 42.3 Å². The van der Waals surface area contributed by atoms with Crippen molar-refractivity contribution in [1.29, 1.82) is 0 Å². The zero-order chi connectivity index (χ0) is 22.5. The number of urea groups is 1. The van der Waals surface area contributed by atoms with Crippen LogP contribution in [0.1, 0.15) is 24.1 Å². The first-order valence-corrected chi connectivity index (χ1v) is 10.7. The van der Waals surface area contributed by atoms with Crippen LogP contribution in [-0.4, -0.2) is 49.0 Å². The van der Waals surface area contributed by atoms with Gasteiger partial charge in [-0.25, -0.2) is 9.59 Å². The van der Waals surface area contributed by atoms with E-state index in [4.69, 9.17) is 27.9 Å². The first-order chi connectivity index (χ1) is 14.8. The lowest BCUT2D eigenvalue weighted by Gasteiger charge is -2.36. The molecule has 0 radical (unpaired) electrons. The van der Waals surface area contributed by atoms with E-state index in [9.17, 15) is 9.59 Å². The Kier molecular flexibility index (Phi) is 7.59. The van der Waals surface area contributed by atoms with Gasteiger partial charge in [-0.05, 0) is 31.2 Å². The van der Waals surface area contributed by atoms with Crippen LogP contribution in [-0.2, 0) is 16.1 Å². The normalized spacial score (nSPS) is 16.5. The fourth-order valence-electron chi connectivity index (χ4n) is 3.58. The minimum Gasteiger partial charge on any atom is -0.463 e. The van der Waals surface area contributed by atoms with Crippen LogP contribution >= 0.6 is 23.2 Å². The molecule has 0 aromatic heterocycles. The minimum atomic E-state index is -0.769. The van der Waals surface area contributed by atoms with Crippen molar-refractivity contribution < 1.29 is 14.3 Å². The number of nitrogens with zero attached hydrogens (tertiary/aromatic N) is 2. The van der Waals surface area contributed by atoms with E-state index in [0.717, 1.165) is 5.56 Å². The summed E-state index contributed by atoms with van der Waals surface area (Å²) in [5, 5.41) is 3.49. The number of carbonyl (C=O) groups excluding carboxylic acids is 2. The van der Waals surface area contributed by atoms with Gasteiger partial charge in [0.25, 0.3) is 0 Å². The van der Waals surface area contributed by atoms with Crippen LogP contribution in [0, 0.1) is 0 Å². The predicted molar refractivity (Wildman–Crippen MR) is 122 cm³/mol.